The van der Waals surface area contributed by atoms with Crippen molar-refractivity contribution in [2.75, 3.05) is 6.54 Å². The summed E-state index contributed by atoms with van der Waals surface area (Å²) in [6.07, 6.45) is 7.80. The van der Waals surface area contributed by atoms with Gasteiger partial charge in [-0.1, -0.05) is 19.8 Å². The van der Waals surface area contributed by atoms with Gasteiger partial charge in [-0.15, -0.1) is 0 Å². The number of Topliss-reactive ketones (excluding diaryl/α,β-unsaturated/α-hetero) is 1. The molecular formula is C16H25NO2. The third-order valence-corrected chi connectivity index (χ3v) is 6.08. The van der Waals surface area contributed by atoms with Gasteiger partial charge in [-0.25, -0.2) is 0 Å². The van der Waals surface area contributed by atoms with Crippen molar-refractivity contribution >= 4 is 11.7 Å². The highest BCUT2D eigenvalue weighted by Gasteiger charge is 2.55. The molecular weight excluding hydrogens is 238 g/mol. The number of ketones is 1. The lowest BCUT2D eigenvalue weighted by Crippen LogP contribution is -2.62. The molecule has 4 atom stereocenters. The van der Waals surface area contributed by atoms with Crippen LogP contribution in [0.1, 0.15) is 58.8 Å². The van der Waals surface area contributed by atoms with Crippen LogP contribution in [-0.4, -0.2) is 29.2 Å². The Morgan fingerprint density at radius 3 is 2.74 bits per heavy atom. The standard InChI is InChI=1S/C16H25NO2/c1-11(18)17-10-13-15(19)8-5-9-16(13,2)12-6-3-4-7-14(12)17/h12-14H,3-10H2,1-2H3/t12-,13-,14-,16+/m0/s1. The van der Waals surface area contributed by atoms with Crippen molar-refractivity contribution in [2.45, 2.75) is 64.8 Å². The quantitative estimate of drug-likeness (QED) is 0.674. The fourth-order valence-corrected chi connectivity index (χ4v) is 5.06. The average molecular weight is 263 g/mol. The Kier molecular flexibility index (Phi) is 3.18. The molecule has 2 saturated carbocycles. The SMILES string of the molecule is CC(=O)N1C[C@H]2C(=O)CCC[C@]2(C)[C@H]2CCCC[C@@H]21. The van der Waals surface area contributed by atoms with E-state index in [1.54, 1.807) is 6.92 Å². The Labute approximate surface area is 115 Å². The van der Waals surface area contributed by atoms with Gasteiger partial charge in [-0.3, -0.25) is 9.59 Å². The van der Waals surface area contributed by atoms with E-state index in [9.17, 15) is 9.59 Å². The zero-order valence-corrected chi connectivity index (χ0v) is 12.2. The van der Waals surface area contributed by atoms with E-state index in [-0.39, 0.29) is 17.2 Å². The second kappa shape index (κ2) is 4.60. The predicted molar refractivity (Wildman–Crippen MR) is 73.6 cm³/mol. The third-order valence-electron chi connectivity index (χ3n) is 6.08. The summed E-state index contributed by atoms with van der Waals surface area (Å²) in [7, 11) is 0. The van der Waals surface area contributed by atoms with Crippen molar-refractivity contribution in [2.24, 2.45) is 17.3 Å². The van der Waals surface area contributed by atoms with Crippen molar-refractivity contribution in [3.05, 3.63) is 0 Å². The molecule has 3 heteroatoms. The first-order valence-corrected chi connectivity index (χ1v) is 7.84. The Morgan fingerprint density at radius 1 is 1.26 bits per heavy atom. The van der Waals surface area contributed by atoms with E-state index in [0.29, 0.717) is 24.3 Å². The molecule has 0 aromatic carbocycles. The second-order valence-corrected chi connectivity index (χ2v) is 7.01. The molecule has 3 fully saturated rings. The molecule has 1 amide bonds. The van der Waals surface area contributed by atoms with Gasteiger partial charge in [-0.2, -0.15) is 0 Å². The highest BCUT2D eigenvalue weighted by molar-refractivity contribution is 5.84. The maximum Gasteiger partial charge on any atom is 0.219 e. The minimum atomic E-state index is 0.101. The predicted octanol–water partition coefficient (Wildman–Crippen LogP) is 2.78. The molecule has 0 bridgehead atoms. The highest BCUT2D eigenvalue weighted by Crippen LogP contribution is 2.54. The highest BCUT2D eigenvalue weighted by atomic mass is 16.2. The van der Waals surface area contributed by atoms with E-state index in [2.05, 4.69) is 6.92 Å². The summed E-state index contributed by atoms with van der Waals surface area (Å²) in [4.78, 5) is 26.3. The first-order valence-electron chi connectivity index (χ1n) is 7.84. The largest absolute Gasteiger partial charge is 0.339 e. The number of nitrogens with zero attached hydrogens (tertiary/aromatic N) is 1. The molecule has 1 aliphatic heterocycles. The van der Waals surface area contributed by atoms with Gasteiger partial charge in [0.25, 0.3) is 0 Å². The molecule has 0 aromatic heterocycles. The summed E-state index contributed by atoms with van der Waals surface area (Å²) < 4.78 is 0. The van der Waals surface area contributed by atoms with E-state index in [1.807, 2.05) is 4.90 Å². The minimum absolute atomic E-state index is 0.101. The van der Waals surface area contributed by atoms with Crippen LogP contribution in [-0.2, 0) is 9.59 Å². The lowest BCUT2D eigenvalue weighted by molar-refractivity contribution is -0.157. The van der Waals surface area contributed by atoms with Gasteiger partial charge in [0.05, 0.1) is 0 Å². The number of amides is 1. The minimum Gasteiger partial charge on any atom is -0.339 e. The van der Waals surface area contributed by atoms with Crippen molar-refractivity contribution < 1.29 is 9.59 Å². The van der Waals surface area contributed by atoms with E-state index < -0.39 is 0 Å². The fourth-order valence-electron chi connectivity index (χ4n) is 5.06. The van der Waals surface area contributed by atoms with Gasteiger partial charge >= 0.3 is 0 Å². The van der Waals surface area contributed by atoms with E-state index >= 15 is 0 Å². The number of carbonyl (C=O) groups is 2. The molecule has 1 saturated heterocycles. The van der Waals surface area contributed by atoms with Crippen molar-refractivity contribution in [3.63, 3.8) is 0 Å². The maximum atomic E-state index is 12.3. The van der Waals surface area contributed by atoms with Crippen LogP contribution in [0, 0.1) is 17.3 Å². The van der Waals surface area contributed by atoms with Crippen LogP contribution in [0.5, 0.6) is 0 Å². The first kappa shape index (κ1) is 13.1. The second-order valence-electron chi connectivity index (χ2n) is 7.01. The van der Waals surface area contributed by atoms with E-state index in [0.717, 1.165) is 19.3 Å². The summed E-state index contributed by atoms with van der Waals surface area (Å²) in [5.41, 5.74) is 0.159. The van der Waals surface area contributed by atoms with Gasteiger partial charge in [-0.05, 0) is 37.0 Å². The molecule has 106 valence electrons. The van der Waals surface area contributed by atoms with Crippen LogP contribution in [0.4, 0.5) is 0 Å². The number of piperidine rings is 1. The Bertz CT molecular complexity index is 406. The molecule has 0 N–H and O–H groups in total. The molecule has 0 aromatic rings. The van der Waals surface area contributed by atoms with E-state index in [4.69, 9.17) is 0 Å². The molecule has 0 unspecified atom stereocenters. The molecule has 3 aliphatic rings. The van der Waals surface area contributed by atoms with Crippen molar-refractivity contribution in [3.8, 4) is 0 Å². The number of likely N-dealkylation sites (tertiary alicyclic amines) is 1. The number of hydrogen-bond donors (Lipinski definition) is 0. The van der Waals surface area contributed by atoms with Crippen LogP contribution in [0.25, 0.3) is 0 Å². The van der Waals surface area contributed by atoms with Gasteiger partial charge in [0, 0.05) is 31.8 Å². The monoisotopic (exact) mass is 263 g/mol. The summed E-state index contributed by atoms with van der Waals surface area (Å²) >= 11 is 0. The topological polar surface area (TPSA) is 37.4 Å². The lowest BCUT2D eigenvalue weighted by Gasteiger charge is -2.58. The van der Waals surface area contributed by atoms with E-state index in [1.165, 1.54) is 25.7 Å². The number of rotatable bonds is 0. The molecule has 0 spiro atoms. The summed E-state index contributed by atoms with van der Waals surface area (Å²) in [5, 5.41) is 0. The smallest absolute Gasteiger partial charge is 0.219 e. The zero-order valence-electron chi connectivity index (χ0n) is 12.2. The maximum absolute atomic E-state index is 12.3. The Hall–Kier alpha value is -0.860. The molecule has 2 aliphatic carbocycles. The van der Waals surface area contributed by atoms with Gasteiger partial charge in [0.2, 0.25) is 5.91 Å². The van der Waals surface area contributed by atoms with Crippen LogP contribution in [0.2, 0.25) is 0 Å². The summed E-state index contributed by atoms with van der Waals surface area (Å²) in [6.45, 7) is 4.68. The summed E-state index contributed by atoms with van der Waals surface area (Å²) in [5.74, 6) is 1.22. The van der Waals surface area contributed by atoms with Gasteiger partial charge in [0.1, 0.15) is 5.78 Å². The van der Waals surface area contributed by atoms with Crippen molar-refractivity contribution in [1.82, 2.24) is 4.90 Å². The molecule has 1 heterocycles. The molecule has 19 heavy (non-hydrogen) atoms. The first-order chi connectivity index (χ1) is 9.04. The van der Waals surface area contributed by atoms with Crippen LogP contribution in [0.3, 0.4) is 0 Å². The normalized spacial score (nSPS) is 42.5. The van der Waals surface area contributed by atoms with Crippen LogP contribution in [0.15, 0.2) is 0 Å². The molecule has 0 radical (unpaired) electrons. The van der Waals surface area contributed by atoms with Crippen molar-refractivity contribution in [1.29, 1.82) is 0 Å². The number of carbonyl (C=O) groups excluding carboxylic acids is 2. The molecule has 3 nitrogen and oxygen atoms in total. The summed E-state index contributed by atoms with van der Waals surface area (Å²) in [6, 6.07) is 0.401. The number of fused-ring (bicyclic) bond motifs is 3. The Balaban J connectivity index is 1.97. The average Bonchev–Trinajstić information content (AvgIpc) is 2.38. The zero-order chi connectivity index (χ0) is 13.6. The van der Waals surface area contributed by atoms with Gasteiger partial charge in [0.15, 0.2) is 0 Å². The fraction of sp³-hybridized carbons (Fsp3) is 0.875. The number of hydrogen-bond acceptors (Lipinski definition) is 2. The lowest BCUT2D eigenvalue weighted by atomic mass is 9.53. The molecule has 3 rings (SSSR count). The van der Waals surface area contributed by atoms with Crippen LogP contribution >= 0.6 is 0 Å². The Morgan fingerprint density at radius 2 is 2.00 bits per heavy atom. The van der Waals surface area contributed by atoms with Crippen LogP contribution < -0.4 is 0 Å². The third kappa shape index (κ3) is 1.93. The van der Waals surface area contributed by atoms with Gasteiger partial charge < -0.3 is 4.90 Å².